The molecule has 7 heteroatoms. The molecule has 0 aromatic rings. The van der Waals surface area contributed by atoms with E-state index in [1.165, 1.54) is 0 Å². The van der Waals surface area contributed by atoms with Gasteiger partial charge in [-0.1, -0.05) is 40.0 Å². The molecule has 0 amide bonds. The molecule has 0 spiro atoms. The van der Waals surface area contributed by atoms with E-state index >= 15 is 0 Å². The lowest BCUT2D eigenvalue weighted by atomic mass is 9.84. The smallest absolute Gasteiger partial charge is 0.308 e. The molecule has 0 bridgehead atoms. The van der Waals surface area contributed by atoms with Crippen molar-refractivity contribution >= 4 is 0 Å². The first kappa shape index (κ1) is 19.5. The quantitative estimate of drug-likeness (QED) is 0.479. The number of halogens is 6. The van der Waals surface area contributed by atoms with Crippen LogP contribution in [-0.2, 0) is 0 Å². The minimum absolute atomic E-state index is 0.127. The molecular formula is C13H23F6N. The van der Waals surface area contributed by atoms with E-state index in [1.54, 1.807) is 13.8 Å². The fourth-order valence-corrected chi connectivity index (χ4v) is 2.51. The van der Waals surface area contributed by atoms with Crippen molar-refractivity contribution in [2.24, 2.45) is 0 Å². The van der Waals surface area contributed by atoms with Gasteiger partial charge in [-0.05, 0) is 6.42 Å². The minimum atomic E-state index is -4.63. The van der Waals surface area contributed by atoms with Crippen LogP contribution in [0.4, 0.5) is 26.3 Å². The lowest BCUT2D eigenvalue weighted by Gasteiger charge is -2.38. The van der Waals surface area contributed by atoms with Gasteiger partial charge in [0, 0.05) is 11.6 Å². The Labute approximate surface area is 116 Å². The lowest BCUT2D eigenvalue weighted by Crippen LogP contribution is -2.53. The van der Waals surface area contributed by atoms with Crippen molar-refractivity contribution in [1.82, 2.24) is 5.32 Å². The molecule has 1 nitrogen and oxygen atoms in total. The molecule has 0 rings (SSSR count). The highest BCUT2D eigenvalue weighted by atomic mass is 19.4. The highest BCUT2D eigenvalue weighted by Gasteiger charge is 2.48. The molecule has 0 aliphatic heterocycles. The summed E-state index contributed by atoms with van der Waals surface area (Å²) in [6, 6.07) is -0.443. The van der Waals surface area contributed by atoms with Gasteiger partial charge in [0.1, 0.15) is 0 Å². The molecule has 0 aromatic carbocycles. The maximum atomic E-state index is 12.7. The van der Waals surface area contributed by atoms with Crippen LogP contribution < -0.4 is 5.32 Å². The average molecular weight is 307 g/mol. The van der Waals surface area contributed by atoms with Crippen LogP contribution in [0.25, 0.3) is 0 Å². The SMILES string of the molecule is CCCCCC(CC(F)(F)F)(CC(F)(F)F)NC(C)C. The maximum Gasteiger partial charge on any atom is 0.390 e. The van der Waals surface area contributed by atoms with E-state index in [4.69, 9.17) is 0 Å². The Hall–Kier alpha value is -0.460. The Balaban J connectivity index is 5.16. The molecule has 0 radical (unpaired) electrons. The maximum absolute atomic E-state index is 12.7. The van der Waals surface area contributed by atoms with Crippen LogP contribution in [0.1, 0.15) is 59.3 Å². The van der Waals surface area contributed by atoms with Gasteiger partial charge in [-0.3, -0.25) is 0 Å². The van der Waals surface area contributed by atoms with Crippen LogP contribution in [0.2, 0.25) is 0 Å². The number of alkyl halides is 6. The topological polar surface area (TPSA) is 12.0 Å². The number of hydrogen-bond acceptors (Lipinski definition) is 1. The van der Waals surface area contributed by atoms with Gasteiger partial charge in [-0.15, -0.1) is 0 Å². The largest absolute Gasteiger partial charge is 0.390 e. The van der Waals surface area contributed by atoms with Gasteiger partial charge in [-0.2, -0.15) is 26.3 Å². The summed E-state index contributed by atoms with van der Waals surface area (Å²) in [5, 5.41) is 2.53. The van der Waals surface area contributed by atoms with E-state index in [0.717, 1.165) is 6.42 Å². The van der Waals surface area contributed by atoms with Gasteiger partial charge in [0.15, 0.2) is 0 Å². The molecule has 0 saturated heterocycles. The third-order valence-electron chi connectivity index (χ3n) is 2.93. The van der Waals surface area contributed by atoms with Crippen LogP contribution in [0.3, 0.4) is 0 Å². The monoisotopic (exact) mass is 307 g/mol. The Morgan fingerprint density at radius 1 is 0.850 bits per heavy atom. The first-order valence-corrected chi connectivity index (χ1v) is 6.80. The van der Waals surface area contributed by atoms with Crippen LogP contribution in [0.15, 0.2) is 0 Å². The van der Waals surface area contributed by atoms with Gasteiger partial charge < -0.3 is 5.32 Å². The summed E-state index contributed by atoms with van der Waals surface area (Å²) in [5.74, 6) is 0. The zero-order valence-electron chi connectivity index (χ0n) is 12.1. The van der Waals surface area contributed by atoms with Crippen molar-refractivity contribution in [3.63, 3.8) is 0 Å². The van der Waals surface area contributed by atoms with Crippen LogP contribution in [-0.4, -0.2) is 23.9 Å². The second kappa shape index (κ2) is 7.52. The highest BCUT2D eigenvalue weighted by Crippen LogP contribution is 2.39. The van der Waals surface area contributed by atoms with E-state index in [1.807, 2.05) is 6.92 Å². The summed E-state index contributed by atoms with van der Waals surface area (Å²) in [4.78, 5) is 0. The number of hydrogen-bond donors (Lipinski definition) is 1. The molecule has 1 N–H and O–H groups in total. The van der Waals surface area contributed by atoms with E-state index < -0.39 is 36.8 Å². The fraction of sp³-hybridized carbons (Fsp3) is 1.00. The molecule has 0 fully saturated rings. The second-order valence-corrected chi connectivity index (χ2v) is 5.62. The van der Waals surface area contributed by atoms with E-state index in [9.17, 15) is 26.3 Å². The van der Waals surface area contributed by atoms with Crippen molar-refractivity contribution in [2.45, 2.75) is 83.2 Å². The zero-order chi connectivity index (χ0) is 16.0. The van der Waals surface area contributed by atoms with Gasteiger partial charge in [0.05, 0.1) is 12.8 Å². The summed E-state index contributed by atoms with van der Waals surface area (Å²) < 4.78 is 76.1. The zero-order valence-corrected chi connectivity index (χ0v) is 12.1. The van der Waals surface area contributed by atoms with E-state index in [0.29, 0.717) is 12.8 Å². The predicted molar refractivity (Wildman–Crippen MR) is 66.5 cm³/mol. The van der Waals surface area contributed by atoms with Crippen LogP contribution >= 0.6 is 0 Å². The Bertz CT molecular complexity index is 253. The molecule has 0 aliphatic carbocycles. The molecular weight excluding hydrogens is 284 g/mol. The summed E-state index contributed by atoms with van der Waals surface area (Å²) in [6.07, 6.45) is -10.6. The van der Waals surface area contributed by atoms with Crippen LogP contribution in [0.5, 0.6) is 0 Å². The fourth-order valence-electron chi connectivity index (χ4n) is 2.51. The summed E-state index contributed by atoms with van der Waals surface area (Å²) in [5.41, 5.74) is -1.96. The van der Waals surface area contributed by atoms with Crippen molar-refractivity contribution in [3.05, 3.63) is 0 Å². The number of unbranched alkanes of at least 4 members (excludes halogenated alkanes) is 2. The molecule has 0 saturated carbocycles. The molecule has 0 atom stereocenters. The van der Waals surface area contributed by atoms with Gasteiger partial charge in [0.25, 0.3) is 0 Å². The lowest BCUT2D eigenvalue weighted by molar-refractivity contribution is -0.184. The predicted octanol–water partition coefficient (Wildman–Crippen LogP) is 5.21. The standard InChI is InChI=1S/C13H23F6N/c1-4-5-6-7-11(20-10(2)3,8-12(14,15)16)9-13(17,18)19/h10,20H,4-9H2,1-3H3. The third-order valence-corrected chi connectivity index (χ3v) is 2.93. The average Bonchev–Trinajstić information content (AvgIpc) is 2.10. The van der Waals surface area contributed by atoms with Crippen LogP contribution in [0, 0.1) is 0 Å². The molecule has 0 aliphatic rings. The van der Waals surface area contributed by atoms with Gasteiger partial charge >= 0.3 is 12.4 Å². The first-order valence-electron chi connectivity index (χ1n) is 6.80. The molecule has 122 valence electrons. The Morgan fingerprint density at radius 2 is 1.30 bits per heavy atom. The van der Waals surface area contributed by atoms with Crippen molar-refractivity contribution < 1.29 is 26.3 Å². The molecule has 0 aromatic heterocycles. The summed E-state index contributed by atoms with van der Waals surface area (Å²) in [6.45, 7) is 4.97. The first-order chi connectivity index (χ1) is 8.89. The third kappa shape index (κ3) is 9.44. The highest BCUT2D eigenvalue weighted by molar-refractivity contribution is 4.93. The van der Waals surface area contributed by atoms with Gasteiger partial charge in [0.2, 0.25) is 0 Å². The van der Waals surface area contributed by atoms with Gasteiger partial charge in [-0.25, -0.2) is 0 Å². The molecule has 0 heterocycles. The molecule has 0 unspecified atom stereocenters. The Kier molecular flexibility index (Phi) is 7.35. The van der Waals surface area contributed by atoms with E-state index in [-0.39, 0.29) is 6.42 Å². The molecule has 20 heavy (non-hydrogen) atoms. The van der Waals surface area contributed by atoms with Crippen molar-refractivity contribution in [1.29, 1.82) is 0 Å². The number of nitrogens with one attached hydrogen (secondary N) is 1. The second-order valence-electron chi connectivity index (χ2n) is 5.62. The van der Waals surface area contributed by atoms with Crippen molar-refractivity contribution in [2.75, 3.05) is 0 Å². The van der Waals surface area contributed by atoms with Crippen molar-refractivity contribution in [3.8, 4) is 0 Å². The minimum Gasteiger partial charge on any atom is -0.308 e. The number of rotatable bonds is 8. The summed E-state index contributed by atoms with van der Waals surface area (Å²) in [7, 11) is 0. The summed E-state index contributed by atoms with van der Waals surface area (Å²) >= 11 is 0. The normalized spacial score (nSPS) is 14.1. The Morgan fingerprint density at radius 3 is 1.60 bits per heavy atom. The van der Waals surface area contributed by atoms with E-state index in [2.05, 4.69) is 5.32 Å².